The number of aliphatic hydroxyl groups is 1. The highest BCUT2D eigenvalue weighted by atomic mass is 16.4. The summed E-state index contributed by atoms with van der Waals surface area (Å²) in [5.41, 5.74) is 0. The van der Waals surface area contributed by atoms with Crippen LogP contribution in [0.15, 0.2) is 0 Å². The normalized spacial score (nSPS) is 13.7. The molecule has 2 N–H and O–H groups in total. The number of aliphatic hydroxyl groups excluding tert-OH is 1. The van der Waals surface area contributed by atoms with Gasteiger partial charge in [-0.05, 0) is 12.8 Å². The summed E-state index contributed by atoms with van der Waals surface area (Å²) in [6.07, 6.45) is 20.3. The first-order chi connectivity index (χ1) is 12.6. The van der Waals surface area contributed by atoms with E-state index in [0.717, 1.165) is 25.7 Å². The number of aliphatic carboxylic acids is 1. The van der Waals surface area contributed by atoms with Crippen LogP contribution in [0.5, 0.6) is 0 Å². The van der Waals surface area contributed by atoms with E-state index < -0.39 is 18.0 Å². The van der Waals surface area contributed by atoms with Crippen molar-refractivity contribution in [2.45, 2.75) is 136 Å². The Bertz CT molecular complexity index is 304. The van der Waals surface area contributed by atoms with Crippen molar-refractivity contribution in [1.82, 2.24) is 0 Å². The van der Waals surface area contributed by atoms with Gasteiger partial charge in [0.25, 0.3) is 0 Å². The maximum absolute atomic E-state index is 11.4. The summed E-state index contributed by atoms with van der Waals surface area (Å²) in [6, 6.07) is 0. The number of unbranched alkanes of at least 4 members (excludes halogenated alkanes) is 14. The smallest absolute Gasteiger partial charge is 0.309 e. The summed E-state index contributed by atoms with van der Waals surface area (Å²) in [7, 11) is 0. The van der Waals surface area contributed by atoms with Crippen LogP contribution < -0.4 is 0 Å². The molecule has 3 nitrogen and oxygen atoms in total. The van der Waals surface area contributed by atoms with Crippen molar-refractivity contribution < 1.29 is 15.0 Å². The molecule has 2 atom stereocenters. The van der Waals surface area contributed by atoms with Gasteiger partial charge in [0.1, 0.15) is 0 Å². The van der Waals surface area contributed by atoms with E-state index in [1.165, 1.54) is 77.0 Å². The molecule has 0 heterocycles. The second-order valence-electron chi connectivity index (χ2n) is 8.04. The van der Waals surface area contributed by atoms with Crippen LogP contribution in [0.2, 0.25) is 0 Å². The number of carboxylic acid groups (broad SMARTS) is 1. The molecule has 0 aromatic carbocycles. The maximum atomic E-state index is 11.4. The Morgan fingerprint density at radius 1 is 0.615 bits per heavy atom. The summed E-state index contributed by atoms with van der Waals surface area (Å²) in [4.78, 5) is 11.4. The lowest BCUT2D eigenvalue weighted by atomic mass is 9.91. The average molecular weight is 371 g/mol. The highest BCUT2D eigenvalue weighted by molar-refractivity contribution is 5.70. The Labute approximate surface area is 163 Å². The molecule has 0 bridgehead atoms. The van der Waals surface area contributed by atoms with E-state index in [1.54, 1.807) is 0 Å². The molecule has 156 valence electrons. The Morgan fingerprint density at radius 2 is 0.962 bits per heavy atom. The topological polar surface area (TPSA) is 57.5 Å². The van der Waals surface area contributed by atoms with Gasteiger partial charge >= 0.3 is 5.97 Å². The third kappa shape index (κ3) is 15.7. The van der Waals surface area contributed by atoms with Gasteiger partial charge in [0.05, 0.1) is 12.0 Å². The summed E-state index contributed by atoms with van der Waals surface area (Å²) in [5, 5.41) is 19.6. The number of hydrogen-bond donors (Lipinski definition) is 2. The molecule has 3 heteroatoms. The Balaban J connectivity index is 3.61. The highest BCUT2D eigenvalue weighted by Gasteiger charge is 2.25. The lowest BCUT2D eigenvalue weighted by molar-refractivity contribution is -0.146. The Hall–Kier alpha value is -0.570. The van der Waals surface area contributed by atoms with Crippen molar-refractivity contribution in [1.29, 1.82) is 0 Å². The van der Waals surface area contributed by atoms with Gasteiger partial charge in [0, 0.05) is 0 Å². The fourth-order valence-electron chi connectivity index (χ4n) is 3.67. The van der Waals surface area contributed by atoms with Gasteiger partial charge in [-0.3, -0.25) is 4.79 Å². The zero-order chi connectivity index (χ0) is 19.5. The van der Waals surface area contributed by atoms with E-state index in [9.17, 15) is 15.0 Å². The zero-order valence-corrected chi connectivity index (χ0v) is 17.7. The van der Waals surface area contributed by atoms with Gasteiger partial charge in [-0.15, -0.1) is 0 Å². The van der Waals surface area contributed by atoms with Gasteiger partial charge in [0.15, 0.2) is 0 Å². The predicted molar refractivity (Wildman–Crippen MR) is 112 cm³/mol. The minimum absolute atomic E-state index is 0.570. The van der Waals surface area contributed by atoms with Crippen LogP contribution in [-0.4, -0.2) is 22.3 Å². The fourth-order valence-corrected chi connectivity index (χ4v) is 3.67. The van der Waals surface area contributed by atoms with Crippen molar-refractivity contribution in [3.8, 4) is 0 Å². The number of rotatable bonds is 20. The van der Waals surface area contributed by atoms with Gasteiger partial charge in [-0.25, -0.2) is 0 Å². The summed E-state index contributed by atoms with van der Waals surface area (Å²) < 4.78 is 0. The van der Waals surface area contributed by atoms with E-state index in [1.807, 2.05) is 0 Å². The van der Waals surface area contributed by atoms with Crippen LogP contribution in [-0.2, 0) is 4.79 Å². The van der Waals surface area contributed by atoms with Crippen molar-refractivity contribution >= 4 is 5.97 Å². The summed E-state index contributed by atoms with van der Waals surface area (Å²) >= 11 is 0. The van der Waals surface area contributed by atoms with Crippen LogP contribution in [0, 0.1) is 5.92 Å². The fraction of sp³-hybridized carbons (Fsp3) is 0.957. The van der Waals surface area contributed by atoms with Crippen molar-refractivity contribution in [3.63, 3.8) is 0 Å². The van der Waals surface area contributed by atoms with Crippen molar-refractivity contribution in [3.05, 3.63) is 0 Å². The molecule has 0 rings (SSSR count). The Kier molecular flexibility index (Phi) is 18.8. The quantitative estimate of drug-likeness (QED) is 0.224. The lowest BCUT2D eigenvalue weighted by Gasteiger charge is -2.19. The molecule has 0 aromatic rings. The monoisotopic (exact) mass is 370 g/mol. The maximum Gasteiger partial charge on any atom is 0.309 e. The molecular formula is C23H46O3. The molecule has 0 saturated heterocycles. The minimum atomic E-state index is -0.823. The largest absolute Gasteiger partial charge is 0.481 e. The van der Waals surface area contributed by atoms with Gasteiger partial charge < -0.3 is 10.2 Å². The minimum Gasteiger partial charge on any atom is -0.481 e. The molecule has 0 amide bonds. The summed E-state index contributed by atoms with van der Waals surface area (Å²) in [6.45, 7) is 4.43. The molecule has 0 aromatic heterocycles. The standard InChI is InChI=1S/C23H46O3/c1-3-5-7-9-10-11-12-13-14-16-18-20-22(24)21(23(25)26)19-17-15-8-6-4-2/h21-22,24H,3-20H2,1-2H3,(H,25,26)/t21-,22-/m1/s1. The van der Waals surface area contributed by atoms with E-state index >= 15 is 0 Å². The first-order valence-electron chi connectivity index (χ1n) is 11.5. The molecule has 0 radical (unpaired) electrons. The number of carbonyl (C=O) groups is 1. The van der Waals surface area contributed by atoms with Crippen LogP contribution in [0.3, 0.4) is 0 Å². The van der Waals surface area contributed by atoms with Gasteiger partial charge in [-0.2, -0.15) is 0 Å². The van der Waals surface area contributed by atoms with Crippen LogP contribution >= 0.6 is 0 Å². The Morgan fingerprint density at radius 3 is 1.35 bits per heavy atom. The third-order valence-electron chi connectivity index (χ3n) is 5.50. The number of hydrogen-bond acceptors (Lipinski definition) is 2. The molecule has 0 aliphatic heterocycles. The number of carboxylic acids is 1. The second-order valence-corrected chi connectivity index (χ2v) is 8.04. The van der Waals surface area contributed by atoms with Crippen molar-refractivity contribution in [2.75, 3.05) is 0 Å². The first kappa shape index (κ1) is 25.4. The van der Waals surface area contributed by atoms with Crippen molar-refractivity contribution in [2.24, 2.45) is 5.92 Å². The van der Waals surface area contributed by atoms with E-state index in [2.05, 4.69) is 13.8 Å². The molecule has 26 heavy (non-hydrogen) atoms. The molecule has 0 aliphatic rings. The molecule has 0 aliphatic carbocycles. The average Bonchev–Trinajstić information content (AvgIpc) is 2.62. The second kappa shape index (κ2) is 19.2. The van der Waals surface area contributed by atoms with Gasteiger partial charge in [0.2, 0.25) is 0 Å². The molecule has 0 saturated carbocycles. The highest BCUT2D eigenvalue weighted by Crippen LogP contribution is 2.20. The SMILES string of the molecule is CCCCCCCCCCCCC[C@@H](O)[C@@H](CCCCCCC)C(=O)O. The van der Waals surface area contributed by atoms with Crippen LogP contribution in [0.1, 0.15) is 129 Å². The molecule has 0 unspecified atom stereocenters. The lowest BCUT2D eigenvalue weighted by Crippen LogP contribution is -2.28. The van der Waals surface area contributed by atoms with E-state index in [-0.39, 0.29) is 0 Å². The van der Waals surface area contributed by atoms with Crippen LogP contribution in [0.25, 0.3) is 0 Å². The molecular weight excluding hydrogens is 324 g/mol. The predicted octanol–water partition coefficient (Wildman–Crippen LogP) is 7.11. The molecule has 0 spiro atoms. The van der Waals surface area contributed by atoms with E-state index in [0.29, 0.717) is 12.8 Å². The third-order valence-corrected chi connectivity index (χ3v) is 5.50. The molecule has 0 fully saturated rings. The van der Waals surface area contributed by atoms with Crippen LogP contribution in [0.4, 0.5) is 0 Å². The zero-order valence-electron chi connectivity index (χ0n) is 17.7. The van der Waals surface area contributed by atoms with Gasteiger partial charge in [-0.1, -0.05) is 117 Å². The first-order valence-corrected chi connectivity index (χ1v) is 11.5. The van der Waals surface area contributed by atoms with E-state index in [4.69, 9.17) is 0 Å². The summed E-state index contributed by atoms with van der Waals surface area (Å²) in [5.74, 6) is -1.39.